The van der Waals surface area contributed by atoms with Gasteiger partial charge in [-0.25, -0.2) is 4.39 Å². The van der Waals surface area contributed by atoms with E-state index in [9.17, 15) is 9.18 Å². The molecule has 0 aliphatic carbocycles. The van der Waals surface area contributed by atoms with Gasteiger partial charge in [0, 0.05) is 60.5 Å². The van der Waals surface area contributed by atoms with Crippen LogP contribution in [0.4, 0.5) is 10.1 Å². The first kappa shape index (κ1) is 24.6. The van der Waals surface area contributed by atoms with Gasteiger partial charge in [-0.2, -0.15) is 0 Å². The maximum Gasteiger partial charge on any atom is 0.246 e. The Morgan fingerprint density at radius 3 is 2.38 bits per heavy atom. The summed E-state index contributed by atoms with van der Waals surface area (Å²) in [5.74, 6) is 0.389. The first-order valence-corrected chi connectivity index (χ1v) is 12.5. The number of halogens is 1. The Morgan fingerprint density at radius 2 is 1.70 bits per heavy atom. The van der Waals surface area contributed by atoms with Crippen LogP contribution < -0.4 is 9.64 Å². The summed E-state index contributed by atoms with van der Waals surface area (Å²) in [4.78, 5) is 17.2. The average molecular weight is 499 g/mol. The van der Waals surface area contributed by atoms with Crippen molar-refractivity contribution >= 4 is 28.1 Å². The lowest BCUT2D eigenvalue weighted by molar-refractivity contribution is -0.126. The predicted molar refractivity (Wildman–Crippen MR) is 147 cm³/mol. The van der Waals surface area contributed by atoms with E-state index in [1.54, 1.807) is 31.6 Å². The molecule has 3 aromatic carbocycles. The molecule has 0 spiro atoms. The van der Waals surface area contributed by atoms with Crippen molar-refractivity contribution < 1.29 is 18.3 Å². The lowest BCUT2D eigenvalue weighted by atomic mass is 9.96. The van der Waals surface area contributed by atoms with Gasteiger partial charge in [-0.15, -0.1) is 0 Å². The number of allylic oxidation sites excluding steroid dienone is 1. The van der Waals surface area contributed by atoms with Crippen molar-refractivity contribution in [1.29, 1.82) is 0 Å². The number of benzene rings is 3. The standard InChI is InChI=1S/C31H31FN2O3/c1-20-5-10-25(21(2)15-20)28-19-37-30-18-29(36-4)26(17-27(28)30)22(3)16-31(35)34-13-11-33(12-14-34)24-8-6-23(32)7-9-24/h5-10,15-19H,11-14H2,1-4H3/b22-16+. The topological polar surface area (TPSA) is 45.9 Å². The Bertz CT molecular complexity index is 1480. The molecule has 1 aromatic heterocycles. The van der Waals surface area contributed by atoms with Crippen LogP contribution in [0.3, 0.4) is 0 Å². The number of nitrogens with zero attached hydrogens (tertiary/aromatic N) is 2. The fraction of sp³-hybridized carbons (Fsp3) is 0.258. The number of fused-ring (bicyclic) bond motifs is 1. The van der Waals surface area contributed by atoms with Crippen LogP contribution in [0.5, 0.6) is 5.75 Å². The van der Waals surface area contributed by atoms with Crippen LogP contribution in [-0.2, 0) is 4.79 Å². The second kappa shape index (κ2) is 10.1. The zero-order valence-electron chi connectivity index (χ0n) is 21.7. The molecule has 0 unspecified atom stereocenters. The van der Waals surface area contributed by atoms with Crippen LogP contribution in [0.25, 0.3) is 27.7 Å². The van der Waals surface area contributed by atoms with Gasteiger partial charge >= 0.3 is 0 Å². The number of carbonyl (C=O) groups is 1. The summed E-state index contributed by atoms with van der Waals surface area (Å²) >= 11 is 0. The van der Waals surface area contributed by atoms with Gasteiger partial charge in [0.1, 0.15) is 17.1 Å². The van der Waals surface area contributed by atoms with E-state index >= 15 is 0 Å². The molecular weight excluding hydrogens is 467 g/mol. The highest BCUT2D eigenvalue weighted by molar-refractivity contribution is 6.00. The Hall–Kier alpha value is -4.06. The molecule has 0 atom stereocenters. The highest BCUT2D eigenvalue weighted by Crippen LogP contribution is 2.38. The first-order chi connectivity index (χ1) is 17.8. The van der Waals surface area contributed by atoms with Crippen molar-refractivity contribution in [1.82, 2.24) is 4.90 Å². The zero-order valence-corrected chi connectivity index (χ0v) is 21.7. The number of furan rings is 1. The molecule has 1 aliphatic rings. The molecule has 0 N–H and O–H groups in total. The lowest BCUT2D eigenvalue weighted by Gasteiger charge is -2.35. The molecule has 1 aliphatic heterocycles. The maximum absolute atomic E-state index is 13.3. The fourth-order valence-electron chi connectivity index (χ4n) is 5.05. The first-order valence-electron chi connectivity index (χ1n) is 12.5. The number of ether oxygens (including phenoxy) is 1. The fourth-order valence-corrected chi connectivity index (χ4v) is 5.05. The molecule has 0 saturated carbocycles. The predicted octanol–water partition coefficient (Wildman–Crippen LogP) is 6.62. The number of rotatable bonds is 5. The third-order valence-electron chi connectivity index (χ3n) is 7.12. The Labute approximate surface area is 216 Å². The number of hydrogen-bond acceptors (Lipinski definition) is 4. The molecular formula is C31H31FN2O3. The minimum Gasteiger partial charge on any atom is -0.496 e. The molecule has 5 rings (SSSR count). The molecule has 6 heteroatoms. The van der Waals surface area contributed by atoms with Crippen molar-refractivity contribution in [2.75, 3.05) is 38.2 Å². The molecule has 0 radical (unpaired) electrons. The summed E-state index contributed by atoms with van der Waals surface area (Å²) in [5.41, 5.74) is 7.95. The van der Waals surface area contributed by atoms with E-state index in [1.165, 1.54) is 23.3 Å². The van der Waals surface area contributed by atoms with E-state index in [1.807, 2.05) is 17.9 Å². The van der Waals surface area contributed by atoms with Crippen molar-refractivity contribution in [3.05, 3.63) is 89.4 Å². The number of carbonyl (C=O) groups excluding carboxylic acids is 1. The molecule has 0 bridgehead atoms. The van der Waals surface area contributed by atoms with Gasteiger partial charge in [0.2, 0.25) is 5.91 Å². The molecule has 37 heavy (non-hydrogen) atoms. The summed E-state index contributed by atoms with van der Waals surface area (Å²) < 4.78 is 24.8. The van der Waals surface area contributed by atoms with Crippen LogP contribution in [0.1, 0.15) is 23.6 Å². The smallest absolute Gasteiger partial charge is 0.246 e. The van der Waals surface area contributed by atoms with E-state index in [-0.39, 0.29) is 11.7 Å². The summed E-state index contributed by atoms with van der Waals surface area (Å²) in [7, 11) is 1.63. The molecule has 2 heterocycles. The highest BCUT2D eigenvalue weighted by Gasteiger charge is 2.21. The van der Waals surface area contributed by atoms with Crippen LogP contribution in [0, 0.1) is 19.7 Å². The normalized spacial score (nSPS) is 14.4. The van der Waals surface area contributed by atoms with Gasteiger partial charge in [-0.05, 0) is 67.8 Å². The zero-order chi connectivity index (χ0) is 26.1. The van der Waals surface area contributed by atoms with Crippen molar-refractivity contribution in [3.63, 3.8) is 0 Å². The highest BCUT2D eigenvalue weighted by atomic mass is 19.1. The lowest BCUT2D eigenvalue weighted by Crippen LogP contribution is -2.48. The summed E-state index contributed by atoms with van der Waals surface area (Å²) in [6.45, 7) is 8.74. The third kappa shape index (κ3) is 4.96. The second-order valence-electron chi connectivity index (χ2n) is 9.63. The van der Waals surface area contributed by atoms with Crippen LogP contribution in [0.15, 0.2) is 71.4 Å². The Morgan fingerprint density at radius 1 is 0.973 bits per heavy atom. The minimum atomic E-state index is -0.247. The number of hydrogen-bond donors (Lipinski definition) is 0. The van der Waals surface area contributed by atoms with Gasteiger partial charge in [-0.1, -0.05) is 23.8 Å². The monoisotopic (exact) mass is 498 g/mol. The number of methoxy groups -OCH3 is 1. The third-order valence-corrected chi connectivity index (χ3v) is 7.12. The molecule has 1 fully saturated rings. The minimum absolute atomic E-state index is 0.0276. The molecule has 4 aromatic rings. The molecule has 1 saturated heterocycles. The molecule has 1 amide bonds. The summed E-state index contributed by atoms with van der Waals surface area (Å²) in [6, 6.07) is 16.8. The summed E-state index contributed by atoms with van der Waals surface area (Å²) in [6.07, 6.45) is 3.48. The Balaban J connectivity index is 1.39. The van der Waals surface area contributed by atoms with Gasteiger partial charge in [0.05, 0.1) is 13.4 Å². The van der Waals surface area contributed by atoms with E-state index < -0.39 is 0 Å². The van der Waals surface area contributed by atoms with Gasteiger partial charge in [-0.3, -0.25) is 4.79 Å². The molecule has 5 nitrogen and oxygen atoms in total. The van der Waals surface area contributed by atoms with Gasteiger partial charge < -0.3 is 19.0 Å². The maximum atomic E-state index is 13.3. The van der Waals surface area contributed by atoms with E-state index in [2.05, 4.69) is 43.0 Å². The number of anilines is 1. The number of amides is 1. The number of aryl methyl sites for hydroxylation is 2. The largest absolute Gasteiger partial charge is 0.496 e. The van der Waals surface area contributed by atoms with E-state index in [4.69, 9.17) is 9.15 Å². The van der Waals surface area contributed by atoms with Crippen molar-refractivity contribution in [2.24, 2.45) is 0 Å². The van der Waals surface area contributed by atoms with Crippen LogP contribution >= 0.6 is 0 Å². The van der Waals surface area contributed by atoms with Crippen LogP contribution in [-0.4, -0.2) is 44.1 Å². The number of piperazine rings is 1. The average Bonchev–Trinajstić information content (AvgIpc) is 3.31. The van der Waals surface area contributed by atoms with E-state index in [0.717, 1.165) is 38.9 Å². The summed E-state index contributed by atoms with van der Waals surface area (Å²) in [5, 5.41) is 0.982. The van der Waals surface area contributed by atoms with Gasteiger partial charge in [0.25, 0.3) is 0 Å². The quantitative estimate of drug-likeness (QED) is 0.290. The SMILES string of the molecule is COc1cc2occ(-c3ccc(C)cc3C)c2cc1/C(C)=C/C(=O)N1CCN(c2ccc(F)cc2)CC1. The van der Waals surface area contributed by atoms with Crippen molar-refractivity contribution in [2.45, 2.75) is 20.8 Å². The second-order valence-corrected chi connectivity index (χ2v) is 9.63. The Kier molecular flexibility index (Phi) is 6.74. The molecule has 190 valence electrons. The van der Waals surface area contributed by atoms with Crippen LogP contribution in [0.2, 0.25) is 0 Å². The van der Waals surface area contributed by atoms with Gasteiger partial charge in [0.15, 0.2) is 0 Å². The van der Waals surface area contributed by atoms with E-state index in [0.29, 0.717) is 31.9 Å². The van der Waals surface area contributed by atoms with Crippen molar-refractivity contribution in [3.8, 4) is 16.9 Å².